The summed E-state index contributed by atoms with van der Waals surface area (Å²) in [5, 5.41) is 4.85. The maximum absolute atomic E-state index is 13.0. The van der Waals surface area contributed by atoms with Crippen LogP contribution >= 0.6 is 0 Å². The van der Waals surface area contributed by atoms with Crippen molar-refractivity contribution in [3.8, 4) is 5.75 Å². The van der Waals surface area contributed by atoms with Crippen molar-refractivity contribution in [1.29, 1.82) is 0 Å². The van der Waals surface area contributed by atoms with Gasteiger partial charge in [0.25, 0.3) is 5.91 Å². The SMILES string of the molecule is COc1ccc(C(=O)NC(=O)NCCC2CC(=O)C(c3c(C)cc(C)cc3C)C2=O)cc1. The van der Waals surface area contributed by atoms with E-state index in [4.69, 9.17) is 4.74 Å². The van der Waals surface area contributed by atoms with Crippen LogP contribution < -0.4 is 15.4 Å². The normalized spacial score (nSPS) is 17.9. The first-order chi connectivity index (χ1) is 15.2. The van der Waals surface area contributed by atoms with Gasteiger partial charge in [-0.1, -0.05) is 17.7 Å². The molecule has 1 saturated carbocycles. The Bertz CT molecular complexity index is 1040. The summed E-state index contributed by atoms with van der Waals surface area (Å²) in [6.45, 7) is 6.02. The van der Waals surface area contributed by atoms with E-state index in [0.29, 0.717) is 17.7 Å². The fourth-order valence-electron chi connectivity index (χ4n) is 4.37. The fraction of sp³-hybridized carbons (Fsp3) is 0.360. The van der Waals surface area contributed by atoms with Crippen molar-refractivity contribution in [3.63, 3.8) is 0 Å². The second kappa shape index (κ2) is 9.77. The number of ether oxygens (including phenoxy) is 1. The van der Waals surface area contributed by atoms with Gasteiger partial charge in [-0.2, -0.15) is 0 Å². The van der Waals surface area contributed by atoms with Crippen molar-refractivity contribution in [2.24, 2.45) is 5.92 Å². The molecule has 0 radical (unpaired) electrons. The predicted molar refractivity (Wildman–Crippen MR) is 120 cm³/mol. The van der Waals surface area contributed by atoms with Crippen molar-refractivity contribution >= 4 is 23.5 Å². The summed E-state index contributed by atoms with van der Waals surface area (Å²) in [4.78, 5) is 49.8. The number of carbonyl (C=O) groups is 4. The smallest absolute Gasteiger partial charge is 0.321 e. The lowest BCUT2D eigenvalue weighted by molar-refractivity contribution is -0.124. The highest BCUT2D eigenvalue weighted by Gasteiger charge is 2.42. The maximum Gasteiger partial charge on any atom is 0.321 e. The highest BCUT2D eigenvalue weighted by Crippen LogP contribution is 2.37. The number of Topliss-reactive ketones (excluding diaryl/α,β-unsaturated/α-hetero) is 2. The van der Waals surface area contributed by atoms with E-state index in [1.54, 1.807) is 24.3 Å². The minimum absolute atomic E-state index is 0.0748. The first-order valence-corrected chi connectivity index (χ1v) is 10.6. The van der Waals surface area contributed by atoms with Gasteiger partial charge in [0.05, 0.1) is 7.11 Å². The van der Waals surface area contributed by atoms with E-state index in [0.717, 1.165) is 22.3 Å². The van der Waals surface area contributed by atoms with E-state index in [1.165, 1.54) is 7.11 Å². The van der Waals surface area contributed by atoms with Crippen LogP contribution in [0.3, 0.4) is 0 Å². The van der Waals surface area contributed by atoms with Crippen molar-refractivity contribution in [2.75, 3.05) is 13.7 Å². The fourth-order valence-corrected chi connectivity index (χ4v) is 4.37. The molecule has 0 aromatic heterocycles. The molecular formula is C25H28N2O5. The van der Waals surface area contributed by atoms with Gasteiger partial charge in [-0.3, -0.25) is 19.7 Å². The number of hydrogen-bond acceptors (Lipinski definition) is 5. The Kier molecular flexibility index (Phi) is 7.08. The minimum Gasteiger partial charge on any atom is -0.497 e. The average molecular weight is 437 g/mol. The summed E-state index contributed by atoms with van der Waals surface area (Å²) in [6, 6.07) is 9.69. The summed E-state index contributed by atoms with van der Waals surface area (Å²) in [5.74, 6) is -1.27. The molecule has 1 aliphatic rings. The summed E-state index contributed by atoms with van der Waals surface area (Å²) in [5.41, 5.74) is 4.12. The highest BCUT2D eigenvalue weighted by molar-refractivity contribution is 6.15. The molecule has 7 nitrogen and oxygen atoms in total. The maximum atomic E-state index is 13.0. The second-order valence-corrected chi connectivity index (χ2v) is 8.24. The Balaban J connectivity index is 1.54. The molecule has 1 aliphatic carbocycles. The first-order valence-electron chi connectivity index (χ1n) is 10.6. The zero-order chi connectivity index (χ0) is 23.4. The Labute approximate surface area is 187 Å². The number of carbonyl (C=O) groups excluding carboxylic acids is 4. The molecular weight excluding hydrogens is 408 g/mol. The number of rotatable bonds is 6. The van der Waals surface area contributed by atoms with E-state index < -0.39 is 23.8 Å². The Morgan fingerprint density at radius 2 is 1.66 bits per heavy atom. The first kappa shape index (κ1) is 23.2. The van der Waals surface area contributed by atoms with Crippen LogP contribution in [0.5, 0.6) is 5.75 Å². The van der Waals surface area contributed by atoms with Crippen LogP contribution in [0.25, 0.3) is 0 Å². The molecule has 2 atom stereocenters. The molecule has 0 saturated heterocycles. The summed E-state index contributed by atoms with van der Waals surface area (Å²) >= 11 is 0. The monoisotopic (exact) mass is 436 g/mol. The van der Waals surface area contributed by atoms with Gasteiger partial charge in [0.2, 0.25) is 0 Å². The number of hydrogen-bond donors (Lipinski definition) is 2. The molecule has 2 aromatic carbocycles. The number of benzene rings is 2. The second-order valence-electron chi connectivity index (χ2n) is 8.24. The zero-order valence-corrected chi connectivity index (χ0v) is 18.8. The quantitative estimate of drug-likeness (QED) is 0.676. The molecule has 0 heterocycles. The third kappa shape index (κ3) is 5.04. The lowest BCUT2D eigenvalue weighted by Crippen LogP contribution is -2.40. The molecule has 32 heavy (non-hydrogen) atoms. The van der Waals surface area contributed by atoms with E-state index in [-0.39, 0.29) is 24.5 Å². The molecule has 0 bridgehead atoms. The van der Waals surface area contributed by atoms with Crippen molar-refractivity contribution in [3.05, 3.63) is 64.2 Å². The average Bonchev–Trinajstić information content (AvgIpc) is 3.01. The van der Waals surface area contributed by atoms with Crippen molar-refractivity contribution in [2.45, 2.75) is 39.5 Å². The third-order valence-corrected chi connectivity index (χ3v) is 5.84. The summed E-state index contributed by atoms with van der Waals surface area (Å²) in [6.07, 6.45) is 0.513. The standard InChI is InChI=1S/C25H28N2O5/c1-14-11-15(2)21(16(3)12-14)22-20(28)13-18(23(22)29)9-10-26-25(31)27-24(30)17-5-7-19(32-4)8-6-17/h5-8,11-12,18,22H,9-10,13H2,1-4H3,(H2,26,27,30,31). The van der Waals surface area contributed by atoms with Crippen molar-refractivity contribution < 1.29 is 23.9 Å². The molecule has 0 spiro atoms. The lowest BCUT2D eigenvalue weighted by Gasteiger charge is -2.16. The number of urea groups is 1. The van der Waals surface area contributed by atoms with Gasteiger partial charge < -0.3 is 10.1 Å². The van der Waals surface area contributed by atoms with Crippen LogP contribution in [0.2, 0.25) is 0 Å². The molecule has 2 N–H and O–H groups in total. The van der Waals surface area contributed by atoms with Crippen molar-refractivity contribution in [1.82, 2.24) is 10.6 Å². The Morgan fingerprint density at radius 3 is 2.25 bits per heavy atom. The van der Waals surface area contributed by atoms with Gasteiger partial charge >= 0.3 is 6.03 Å². The third-order valence-electron chi connectivity index (χ3n) is 5.84. The van der Waals surface area contributed by atoms with Crippen LogP contribution in [-0.2, 0) is 9.59 Å². The molecule has 168 valence electrons. The number of ketones is 2. The minimum atomic E-state index is -0.730. The number of methoxy groups -OCH3 is 1. The van der Waals surface area contributed by atoms with Gasteiger partial charge in [0.15, 0.2) is 5.78 Å². The number of aryl methyl sites for hydroxylation is 3. The van der Waals surface area contributed by atoms with Gasteiger partial charge in [0, 0.05) is 24.4 Å². The summed E-state index contributed by atoms with van der Waals surface area (Å²) in [7, 11) is 1.52. The zero-order valence-electron chi connectivity index (χ0n) is 18.8. The predicted octanol–water partition coefficient (Wildman–Crippen LogP) is 3.39. The Hall–Kier alpha value is -3.48. The van der Waals surface area contributed by atoms with Crippen LogP contribution in [0.15, 0.2) is 36.4 Å². The number of imide groups is 1. The molecule has 1 fully saturated rings. The Morgan fingerprint density at radius 1 is 1.03 bits per heavy atom. The van der Waals surface area contributed by atoms with Gasteiger partial charge in [-0.05, 0) is 68.1 Å². The molecule has 2 aromatic rings. The largest absolute Gasteiger partial charge is 0.497 e. The van der Waals surface area contributed by atoms with E-state index in [2.05, 4.69) is 10.6 Å². The van der Waals surface area contributed by atoms with E-state index in [1.807, 2.05) is 32.9 Å². The summed E-state index contributed by atoms with van der Waals surface area (Å²) < 4.78 is 5.04. The van der Waals surface area contributed by atoms with Gasteiger partial charge in [0.1, 0.15) is 17.5 Å². The lowest BCUT2D eigenvalue weighted by atomic mass is 9.86. The molecule has 3 rings (SSSR count). The van der Waals surface area contributed by atoms with Crippen LogP contribution in [0, 0.1) is 26.7 Å². The van der Waals surface area contributed by atoms with Crippen LogP contribution in [0.4, 0.5) is 4.79 Å². The van der Waals surface area contributed by atoms with Gasteiger partial charge in [-0.15, -0.1) is 0 Å². The highest BCUT2D eigenvalue weighted by atomic mass is 16.5. The van der Waals surface area contributed by atoms with Crippen LogP contribution in [-0.4, -0.2) is 37.2 Å². The molecule has 0 aliphatic heterocycles. The topological polar surface area (TPSA) is 102 Å². The van der Waals surface area contributed by atoms with Crippen LogP contribution in [0.1, 0.15) is 51.4 Å². The van der Waals surface area contributed by atoms with E-state index in [9.17, 15) is 19.2 Å². The number of amides is 3. The molecule has 2 unspecified atom stereocenters. The van der Waals surface area contributed by atoms with E-state index >= 15 is 0 Å². The number of nitrogens with one attached hydrogen (secondary N) is 2. The molecule has 3 amide bonds. The van der Waals surface area contributed by atoms with Gasteiger partial charge in [-0.25, -0.2) is 4.79 Å². The molecule has 7 heteroatoms.